The molecule has 0 aliphatic rings. The maximum absolute atomic E-state index is 5.22. The Labute approximate surface area is 175 Å². The zero-order valence-electron chi connectivity index (χ0n) is 16.7. The summed E-state index contributed by atoms with van der Waals surface area (Å²) in [4.78, 5) is 5.22. The van der Waals surface area contributed by atoms with E-state index >= 15 is 0 Å². The van der Waals surface area contributed by atoms with Gasteiger partial charge in [0, 0.05) is 21.9 Å². The van der Waals surface area contributed by atoms with Crippen LogP contribution >= 0.6 is 0 Å². The minimum Gasteiger partial charge on any atom is -0.291 e. The second-order valence-corrected chi connectivity index (χ2v) is 7.77. The van der Waals surface area contributed by atoms with Crippen LogP contribution in [0.1, 0.15) is 5.56 Å². The molecule has 0 saturated carbocycles. The fourth-order valence-corrected chi connectivity index (χ4v) is 4.47. The lowest BCUT2D eigenvalue weighted by atomic mass is 10.0. The van der Waals surface area contributed by atoms with E-state index in [1.165, 1.54) is 32.8 Å². The molecule has 0 bridgehead atoms. The lowest BCUT2D eigenvalue weighted by molar-refractivity contribution is 1.27. The quantitative estimate of drug-likeness (QED) is 0.287. The van der Waals surface area contributed by atoms with Crippen molar-refractivity contribution in [2.75, 3.05) is 0 Å². The van der Waals surface area contributed by atoms with Crippen LogP contribution in [0, 0.1) is 6.92 Å². The number of hydrogen-bond acceptors (Lipinski definition) is 1. The maximum Gasteiger partial charge on any atom is 0.146 e. The SMILES string of the molecule is Cc1ccc2c(c1)c1ccccc1c1nc(-c3ccccc3)c(-c3ccccc3)n21. The van der Waals surface area contributed by atoms with Crippen molar-refractivity contribution in [2.45, 2.75) is 6.92 Å². The first-order chi connectivity index (χ1) is 14.8. The molecule has 2 heteroatoms. The van der Waals surface area contributed by atoms with Crippen molar-refractivity contribution >= 4 is 27.3 Å². The van der Waals surface area contributed by atoms with E-state index in [0.29, 0.717) is 0 Å². The lowest BCUT2D eigenvalue weighted by Crippen LogP contribution is -1.94. The lowest BCUT2D eigenvalue weighted by Gasteiger charge is -2.12. The highest BCUT2D eigenvalue weighted by molar-refractivity contribution is 6.13. The molecule has 142 valence electrons. The van der Waals surface area contributed by atoms with E-state index in [-0.39, 0.29) is 0 Å². The second kappa shape index (κ2) is 6.57. The number of rotatable bonds is 2. The topological polar surface area (TPSA) is 17.3 Å². The minimum atomic E-state index is 1.000. The number of nitrogens with zero attached hydrogens (tertiary/aromatic N) is 2. The Kier molecular flexibility index (Phi) is 3.72. The molecule has 0 amide bonds. The van der Waals surface area contributed by atoms with Gasteiger partial charge in [-0.3, -0.25) is 4.40 Å². The van der Waals surface area contributed by atoms with Gasteiger partial charge in [0.2, 0.25) is 0 Å². The van der Waals surface area contributed by atoms with Gasteiger partial charge in [-0.05, 0) is 24.4 Å². The fourth-order valence-electron chi connectivity index (χ4n) is 4.47. The highest BCUT2D eigenvalue weighted by atomic mass is 15.0. The summed E-state index contributed by atoms with van der Waals surface area (Å²) in [5.74, 6) is 0. The van der Waals surface area contributed by atoms with E-state index in [9.17, 15) is 0 Å². The number of aromatic nitrogens is 2. The van der Waals surface area contributed by atoms with Crippen molar-refractivity contribution in [3.63, 3.8) is 0 Å². The van der Waals surface area contributed by atoms with Gasteiger partial charge in [0.1, 0.15) is 5.65 Å². The summed E-state index contributed by atoms with van der Waals surface area (Å²) in [6.07, 6.45) is 0. The molecule has 0 aliphatic heterocycles. The molecule has 0 fully saturated rings. The average Bonchev–Trinajstić information content (AvgIpc) is 3.21. The summed E-state index contributed by atoms with van der Waals surface area (Å²) < 4.78 is 2.34. The number of pyridine rings is 1. The number of aryl methyl sites for hydroxylation is 1. The zero-order valence-corrected chi connectivity index (χ0v) is 16.7. The summed E-state index contributed by atoms with van der Waals surface area (Å²) in [6, 6.07) is 36.4. The second-order valence-electron chi connectivity index (χ2n) is 7.77. The molecular weight excluding hydrogens is 364 g/mol. The van der Waals surface area contributed by atoms with Gasteiger partial charge in [0.15, 0.2) is 0 Å². The van der Waals surface area contributed by atoms with Gasteiger partial charge in [0.05, 0.1) is 16.9 Å². The van der Waals surface area contributed by atoms with Crippen molar-refractivity contribution in [2.24, 2.45) is 0 Å². The smallest absolute Gasteiger partial charge is 0.146 e. The predicted octanol–water partition coefficient (Wildman–Crippen LogP) is 7.28. The molecule has 0 aliphatic carbocycles. The third-order valence-corrected chi connectivity index (χ3v) is 5.82. The van der Waals surface area contributed by atoms with E-state index in [2.05, 4.69) is 114 Å². The molecule has 4 aromatic carbocycles. The molecule has 0 saturated heterocycles. The van der Waals surface area contributed by atoms with E-state index in [4.69, 9.17) is 4.98 Å². The fraction of sp³-hybridized carbons (Fsp3) is 0.0357. The van der Waals surface area contributed by atoms with Crippen LogP contribution in [0.25, 0.3) is 49.8 Å². The molecule has 2 aromatic heterocycles. The van der Waals surface area contributed by atoms with Crippen LogP contribution in [0.2, 0.25) is 0 Å². The molecule has 0 radical (unpaired) electrons. The summed E-state index contributed by atoms with van der Waals surface area (Å²) in [5, 5.41) is 3.68. The monoisotopic (exact) mass is 384 g/mol. The highest BCUT2D eigenvalue weighted by Crippen LogP contribution is 2.38. The van der Waals surface area contributed by atoms with Crippen LogP contribution in [0.15, 0.2) is 103 Å². The van der Waals surface area contributed by atoms with Gasteiger partial charge in [0.25, 0.3) is 0 Å². The van der Waals surface area contributed by atoms with Crippen LogP contribution in [-0.4, -0.2) is 9.38 Å². The Morgan fingerprint density at radius 2 is 1.23 bits per heavy atom. The average molecular weight is 384 g/mol. The highest BCUT2D eigenvalue weighted by Gasteiger charge is 2.20. The van der Waals surface area contributed by atoms with E-state index < -0.39 is 0 Å². The molecule has 0 spiro atoms. The number of imidazole rings is 1. The van der Waals surface area contributed by atoms with Gasteiger partial charge in [-0.25, -0.2) is 4.98 Å². The van der Waals surface area contributed by atoms with Crippen LogP contribution in [0.5, 0.6) is 0 Å². The van der Waals surface area contributed by atoms with Gasteiger partial charge in [-0.2, -0.15) is 0 Å². The van der Waals surface area contributed by atoms with Crippen LogP contribution in [-0.2, 0) is 0 Å². The van der Waals surface area contributed by atoms with Crippen molar-refractivity contribution in [1.82, 2.24) is 9.38 Å². The van der Waals surface area contributed by atoms with Crippen LogP contribution < -0.4 is 0 Å². The molecule has 0 unspecified atom stereocenters. The summed E-state index contributed by atoms with van der Waals surface area (Å²) in [5.41, 5.74) is 7.89. The molecular formula is C28H20N2. The van der Waals surface area contributed by atoms with E-state index in [1.54, 1.807) is 0 Å². The Morgan fingerprint density at radius 3 is 1.97 bits per heavy atom. The Bertz CT molecular complexity index is 1530. The summed E-state index contributed by atoms with van der Waals surface area (Å²) in [7, 11) is 0. The standard InChI is InChI=1S/C28H20N2/c1-19-16-17-25-24(18-19)22-14-8-9-15-23(22)28-29-26(20-10-4-2-5-11-20)27(30(25)28)21-12-6-3-7-13-21/h2-18H,1H3. The number of hydrogen-bond donors (Lipinski definition) is 0. The Hall–Kier alpha value is -3.91. The van der Waals surface area contributed by atoms with Crippen LogP contribution in [0.4, 0.5) is 0 Å². The minimum absolute atomic E-state index is 1.000. The molecule has 0 atom stereocenters. The molecule has 0 N–H and O–H groups in total. The Balaban J connectivity index is 1.90. The Morgan fingerprint density at radius 1 is 0.600 bits per heavy atom. The predicted molar refractivity (Wildman–Crippen MR) is 126 cm³/mol. The van der Waals surface area contributed by atoms with Crippen LogP contribution in [0.3, 0.4) is 0 Å². The van der Waals surface area contributed by atoms with Crippen molar-refractivity contribution in [3.8, 4) is 22.5 Å². The van der Waals surface area contributed by atoms with Gasteiger partial charge in [-0.1, -0.05) is 96.6 Å². The van der Waals surface area contributed by atoms with Crippen molar-refractivity contribution in [3.05, 3.63) is 109 Å². The maximum atomic E-state index is 5.22. The zero-order chi connectivity index (χ0) is 20.1. The number of fused-ring (bicyclic) bond motifs is 6. The molecule has 6 aromatic rings. The summed E-state index contributed by atoms with van der Waals surface area (Å²) in [6.45, 7) is 2.15. The summed E-state index contributed by atoms with van der Waals surface area (Å²) >= 11 is 0. The van der Waals surface area contributed by atoms with Gasteiger partial charge in [-0.15, -0.1) is 0 Å². The van der Waals surface area contributed by atoms with Gasteiger partial charge >= 0.3 is 0 Å². The first-order valence-electron chi connectivity index (χ1n) is 10.3. The molecule has 6 rings (SSSR count). The number of benzene rings is 4. The molecule has 2 nitrogen and oxygen atoms in total. The first kappa shape index (κ1) is 17.0. The van der Waals surface area contributed by atoms with E-state index in [0.717, 1.165) is 22.6 Å². The van der Waals surface area contributed by atoms with E-state index in [1.807, 2.05) is 0 Å². The first-order valence-corrected chi connectivity index (χ1v) is 10.3. The third kappa shape index (κ3) is 2.47. The van der Waals surface area contributed by atoms with Crippen molar-refractivity contribution < 1.29 is 0 Å². The molecule has 30 heavy (non-hydrogen) atoms. The molecule has 2 heterocycles. The van der Waals surface area contributed by atoms with Crippen molar-refractivity contribution in [1.29, 1.82) is 0 Å². The normalized spacial score (nSPS) is 11.5. The van der Waals surface area contributed by atoms with Gasteiger partial charge < -0.3 is 0 Å². The largest absolute Gasteiger partial charge is 0.291 e. The third-order valence-electron chi connectivity index (χ3n) is 5.82.